The van der Waals surface area contributed by atoms with Crippen LogP contribution in [0.25, 0.3) is 0 Å². The van der Waals surface area contributed by atoms with E-state index in [1.54, 1.807) is 61.1 Å². The van der Waals surface area contributed by atoms with Gasteiger partial charge < -0.3 is 31.5 Å². The Labute approximate surface area is 347 Å². The van der Waals surface area contributed by atoms with Gasteiger partial charge in [0, 0.05) is 85.2 Å². The number of nitrogens with one attached hydrogen (secondary N) is 1. The summed E-state index contributed by atoms with van der Waals surface area (Å²) in [6, 6.07) is -0.244. The van der Waals surface area contributed by atoms with E-state index in [-0.39, 0.29) is 64.8 Å². The summed E-state index contributed by atoms with van der Waals surface area (Å²) in [5.41, 5.74) is 6.32. The number of carbonyl (C=O) groups is 4. The molecule has 20 nitrogen and oxygen atoms in total. The van der Waals surface area contributed by atoms with Crippen LogP contribution in [0.4, 0.5) is 0 Å². The summed E-state index contributed by atoms with van der Waals surface area (Å²) >= 11 is 0. The molecule has 0 saturated carbocycles. The minimum Gasteiger partial charge on any atom is -0.480 e. The van der Waals surface area contributed by atoms with Crippen LogP contribution < -0.4 is 43.6 Å². The zero-order chi connectivity index (χ0) is 46.4. The highest BCUT2D eigenvalue weighted by Gasteiger charge is 2.27. The van der Waals surface area contributed by atoms with Gasteiger partial charge in [0.2, 0.25) is 32.6 Å². The fraction of sp³-hybridized carbons (Fsp3) is 0.600. The largest absolute Gasteiger partial charge is 0.480 e. The van der Waals surface area contributed by atoms with Gasteiger partial charge in [0.25, 0.3) is 0 Å². The molecule has 1 saturated heterocycles. The maximum absolute atomic E-state index is 11.6. The Kier molecular flexibility index (Phi) is 25.2. The van der Waals surface area contributed by atoms with Gasteiger partial charge in [-0.3, -0.25) is 67.5 Å². The first kappa shape index (κ1) is 54.9. The monoisotopic (exact) mass is 850 g/mol. The molecule has 1 heterocycles. The Morgan fingerprint density at radius 2 is 0.783 bits per heavy atom. The van der Waals surface area contributed by atoms with E-state index in [4.69, 9.17) is 0 Å². The Hall–Kier alpha value is -5.12. The van der Waals surface area contributed by atoms with Crippen molar-refractivity contribution in [1.29, 1.82) is 0 Å². The Balaban J connectivity index is 0.00000105. The van der Waals surface area contributed by atoms with Gasteiger partial charge in [0.1, 0.15) is 0 Å². The number of unbranched alkanes of at least 4 members (excludes halogenated alkanes) is 1. The van der Waals surface area contributed by atoms with Crippen molar-refractivity contribution >= 4 is 23.9 Å². The van der Waals surface area contributed by atoms with E-state index in [0.717, 1.165) is 19.4 Å². The summed E-state index contributed by atoms with van der Waals surface area (Å²) in [5, 5.41) is 40.5. The molecule has 1 unspecified atom stereocenters. The van der Waals surface area contributed by atoms with E-state index < -0.39 is 23.9 Å². The van der Waals surface area contributed by atoms with Gasteiger partial charge in [-0.05, 0) is 75.0 Å². The van der Waals surface area contributed by atoms with E-state index in [2.05, 4.69) is 11.1 Å². The van der Waals surface area contributed by atoms with Crippen LogP contribution in [0.2, 0.25) is 0 Å². The van der Waals surface area contributed by atoms with Crippen LogP contribution in [-0.2, 0) is 19.2 Å². The van der Waals surface area contributed by atoms with E-state index >= 15 is 0 Å². The van der Waals surface area contributed by atoms with Gasteiger partial charge >= 0.3 is 23.9 Å². The fourth-order valence-electron chi connectivity index (χ4n) is 5.97. The lowest BCUT2D eigenvalue weighted by Crippen LogP contribution is -2.52. The number of aliphatic carboxylic acids is 4. The predicted octanol–water partition coefficient (Wildman–Crippen LogP) is -2.42. The molecule has 0 amide bonds. The summed E-state index contributed by atoms with van der Waals surface area (Å²) in [4.78, 5) is 115. The van der Waals surface area contributed by atoms with E-state index in [1.165, 1.54) is 7.05 Å². The van der Waals surface area contributed by atoms with Crippen LogP contribution in [0, 0.1) is 41.5 Å². The van der Waals surface area contributed by atoms with Gasteiger partial charge in [-0.1, -0.05) is 6.42 Å². The molecule has 0 spiro atoms. The third kappa shape index (κ3) is 18.4. The maximum Gasteiger partial charge on any atom is 0.317 e. The molecule has 1 aliphatic rings. The van der Waals surface area contributed by atoms with Crippen molar-refractivity contribution in [2.75, 3.05) is 92.6 Å². The van der Waals surface area contributed by atoms with Crippen LogP contribution >= 0.6 is 0 Å². The summed E-state index contributed by atoms with van der Waals surface area (Å²) < 4.78 is 0. The molecule has 336 valence electrons. The van der Waals surface area contributed by atoms with Gasteiger partial charge in [-0.25, -0.2) is 0 Å². The highest BCUT2D eigenvalue weighted by Crippen LogP contribution is 2.13. The number of hydrogen-bond donors (Lipinski definition) is 6. The SMILES string of the molecule is CN.CNCCCCC1CN(CC(=O)O)CCN(CC(=O)O)CCN(CC(=O)O)CCN1CC(=O)O.Cc1c(C)c(=O)c1=O.Cc1c(C)c(=O)c1=O.Cc1c(C)c(=O)c1=O. The number of carboxylic acids is 4. The Morgan fingerprint density at radius 3 is 1.07 bits per heavy atom. The molecule has 0 radical (unpaired) electrons. The Bertz CT molecular complexity index is 1840. The number of hydrogen-bond acceptors (Lipinski definition) is 16. The standard InChI is InChI=1S/C21H39N5O8.3C6H6O2.CH5N/c1-22-5-3-2-4-17-12-25(15-20(31)32)9-8-23(13-18(27)28)6-7-24(14-19(29)30)10-11-26(17)16-21(33)34;3*1-3-4(2)6(8)5(3)7;1-2/h17,22H,2-16H2,1H3,(H,27,28)(H,29,30)(H,31,32)(H,33,34);3*1-2H3;2H2,1H3. The van der Waals surface area contributed by atoms with Crippen molar-refractivity contribution < 1.29 is 39.6 Å². The number of carboxylic acid groups (broad SMARTS) is 4. The van der Waals surface area contributed by atoms with Gasteiger partial charge in [0.15, 0.2) is 0 Å². The molecule has 1 atom stereocenters. The average Bonchev–Trinajstić information content (AvgIpc) is 3.21. The van der Waals surface area contributed by atoms with Crippen LogP contribution in [0.3, 0.4) is 0 Å². The lowest BCUT2D eigenvalue weighted by molar-refractivity contribution is -0.142. The van der Waals surface area contributed by atoms with Crippen molar-refractivity contribution in [3.05, 3.63) is 94.7 Å². The molecule has 0 aromatic heterocycles. The van der Waals surface area contributed by atoms with Crippen LogP contribution in [0.15, 0.2) is 28.8 Å². The van der Waals surface area contributed by atoms with Crippen molar-refractivity contribution in [1.82, 2.24) is 24.9 Å². The zero-order valence-electron chi connectivity index (χ0n) is 35.9. The number of nitrogens with zero attached hydrogens (tertiary/aromatic N) is 4. The molecule has 3 aromatic carbocycles. The highest BCUT2D eigenvalue weighted by atomic mass is 16.4. The quantitative estimate of drug-likeness (QED) is 0.0770. The van der Waals surface area contributed by atoms with Crippen molar-refractivity contribution in [2.24, 2.45) is 5.73 Å². The molecule has 0 aliphatic carbocycles. The molecule has 1 aliphatic heterocycles. The van der Waals surface area contributed by atoms with E-state index in [0.29, 0.717) is 85.6 Å². The van der Waals surface area contributed by atoms with Crippen LogP contribution in [0.5, 0.6) is 0 Å². The summed E-state index contributed by atoms with van der Waals surface area (Å²) in [6.45, 7) is 12.0. The normalized spacial score (nSPS) is 15.7. The molecule has 3 aromatic rings. The second kappa shape index (κ2) is 27.6. The van der Waals surface area contributed by atoms with Crippen molar-refractivity contribution in [3.63, 3.8) is 0 Å². The lowest BCUT2D eigenvalue weighted by atomic mass is 10.1. The Morgan fingerprint density at radius 1 is 0.500 bits per heavy atom. The fourth-order valence-corrected chi connectivity index (χ4v) is 5.97. The molecule has 1 fully saturated rings. The molecule has 4 rings (SSSR count). The number of nitrogens with two attached hydrogens (primary N) is 1. The number of rotatable bonds is 13. The van der Waals surface area contributed by atoms with Crippen LogP contribution in [0.1, 0.15) is 52.6 Å². The summed E-state index contributed by atoms with van der Waals surface area (Å²) in [6.07, 6.45) is 2.35. The van der Waals surface area contributed by atoms with Crippen LogP contribution in [-0.4, -0.2) is 163 Å². The first-order valence-electron chi connectivity index (χ1n) is 19.3. The molecule has 7 N–H and O–H groups in total. The molecular formula is C40H62N6O14. The van der Waals surface area contributed by atoms with Crippen molar-refractivity contribution in [3.8, 4) is 0 Å². The first-order valence-corrected chi connectivity index (χ1v) is 19.3. The second-order valence-electron chi connectivity index (χ2n) is 14.3. The van der Waals surface area contributed by atoms with Gasteiger partial charge in [-0.2, -0.15) is 0 Å². The van der Waals surface area contributed by atoms with E-state index in [9.17, 15) is 68.4 Å². The molecular weight excluding hydrogens is 788 g/mol. The molecule has 0 bridgehead atoms. The first-order chi connectivity index (χ1) is 28.0. The minimum atomic E-state index is -1.02. The summed E-state index contributed by atoms with van der Waals surface area (Å²) in [5.74, 6) is -4.05. The third-order valence-electron chi connectivity index (χ3n) is 10.1. The smallest absolute Gasteiger partial charge is 0.317 e. The lowest BCUT2D eigenvalue weighted by Gasteiger charge is -2.37. The minimum absolute atomic E-state index is 0.232. The van der Waals surface area contributed by atoms with Crippen molar-refractivity contribution in [2.45, 2.75) is 66.8 Å². The third-order valence-corrected chi connectivity index (χ3v) is 10.1. The van der Waals surface area contributed by atoms with E-state index in [1.807, 2.05) is 7.05 Å². The predicted molar refractivity (Wildman–Crippen MR) is 226 cm³/mol. The van der Waals surface area contributed by atoms with Gasteiger partial charge in [0.05, 0.1) is 26.2 Å². The topological polar surface area (TPSA) is 303 Å². The molecule has 20 heteroatoms. The zero-order valence-corrected chi connectivity index (χ0v) is 35.9. The van der Waals surface area contributed by atoms with Gasteiger partial charge in [-0.15, -0.1) is 0 Å². The maximum atomic E-state index is 11.6. The molecule has 60 heavy (non-hydrogen) atoms. The second-order valence-corrected chi connectivity index (χ2v) is 14.3. The highest BCUT2D eigenvalue weighted by molar-refractivity contribution is 5.70. The summed E-state index contributed by atoms with van der Waals surface area (Å²) in [7, 11) is 3.35. The average molecular weight is 851 g/mol.